The molecule has 2 fully saturated rings. The molecular weight excluding hydrogens is 298 g/mol. The van der Waals surface area contributed by atoms with Crippen LogP contribution in [0.3, 0.4) is 0 Å². The molecule has 126 valence electrons. The van der Waals surface area contributed by atoms with E-state index in [0.717, 1.165) is 13.1 Å². The van der Waals surface area contributed by atoms with Gasteiger partial charge in [-0.05, 0) is 19.1 Å². The van der Waals surface area contributed by atoms with Gasteiger partial charge >= 0.3 is 0 Å². The van der Waals surface area contributed by atoms with Crippen LogP contribution in [0.1, 0.15) is 17.3 Å². The Morgan fingerprint density at radius 1 is 1.39 bits per heavy atom. The van der Waals surface area contributed by atoms with Crippen LogP contribution >= 0.6 is 0 Å². The molecule has 1 N–H and O–H groups in total. The van der Waals surface area contributed by atoms with Crippen molar-refractivity contribution in [2.75, 3.05) is 51.0 Å². The first-order valence-electron chi connectivity index (χ1n) is 8.07. The molecule has 2 saturated heterocycles. The number of carbonyl (C=O) groups excluding carboxylic acids is 1. The minimum absolute atomic E-state index is 0.0903. The van der Waals surface area contributed by atoms with Crippen molar-refractivity contribution in [2.45, 2.75) is 19.1 Å². The van der Waals surface area contributed by atoms with Gasteiger partial charge in [-0.2, -0.15) is 0 Å². The maximum absolute atomic E-state index is 12.7. The van der Waals surface area contributed by atoms with Crippen molar-refractivity contribution in [3.8, 4) is 0 Å². The quantitative estimate of drug-likeness (QED) is 0.849. The van der Waals surface area contributed by atoms with Gasteiger partial charge < -0.3 is 24.4 Å². The molecule has 1 aromatic rings. The van der Waals surface area contributed by atoms with Gasteiger partial charge in [0.15, 0.2) is 0 Å². The fourth-order valence-electron chi connectivity index (χ4n) is 2.90. The van der Waals surface area contributed by atoms with Gasteiger partial charge in [0.25, 0.3) is 5.91 Å². The summed E-state index contributed by atoms with van der Waals surface area (Å²) in [4.78, 5) is 19.2. The average Bonchev–Trinajstić information content (AvgIpc) is 3.03. The Morgan fingerprint density at radius 2 is 2.22 bits per heavy atom. The number of carbonyl (C=O) groups is 1. The van der Waals surface area contributed by atoms with Crippen LogP contribution in [-0.4, -0.2) is 69.2 Å². The number of hydrogen-bond acceptors (Lipinski definition) is 6. The smallest absolute Gasteiger partial charge is 0.255 e. The van der Waals surface area contributed by atoms with Crippen LogP contribution in [0.4, 0.5) is 5.82 Å². The van der Waals surface area contributed by atoms with Crippen molar-refractivity contribution in [1.82, 2.24) is 10.3 Å². The number of pyridine rings is 1. The zero-order chi connectivity index (χ0) is 16.1. The molecule has 1 amide bonds. The van der Waals surface area contributed by atoms with E-state index in [2.05, 4.69) is 15.2 Å². The summed E-state index contributed by atoms with van der Waals surface area (Å²) in [5, 5.41) is 3.02. The van der Waals surface area contributed by atoms with Crippen molar-refractivity contribution >= 4 is 11.7 Å². The molecule has 0 bridgehead atoms. The van der Waals surface area contributed by atoms with E-state index < -0.39 is 0 Å². The maximum Gasteiger partial charge on any atom is 0.255 e. The van der Waals surface area contributed by atoms with E-state index in [1.807, 2.05) is 6.92 Å². The van der Waals surface area contributed by atoms with Gasteiger partial charge in [0, 0.05) is 25.9 Å². The topological polar surface area (TPSA) is 72.9 Å². The summed E-state index contributed by atoms with van der Waals surface area (Å²) in [6.07, 6.45) is 1.62. The van der Waals surface area contributed by atoms with Crippen molar-refractivity contribution in [3.63, 3.8) is 0 Å². The maximum atomic E-state index is 12.7. The molecule has 0 aromatic carbocycles. The highest BCUT2D eigenvalue weighted by molar-refractivity contribution is 5.99. The number of morpholine rings is 1. The predicted molar refractivity (Wildman–Crippen MR) is 84.8 cm³/mol. The van der Waals surface area contributed by atoms with Crippen LogP contribution in [0.2, 0.25) is 0 Å². The fourth-order valence-corrected chi connectivity index (χ4v) is 2.90. The lowest BCUT2D eigenvalue weighted by Gasteiger charge is -2.29. The monoisotopic (exact) mass is 321 g/mol. The summed E-state index contributed by atoms with van der Waals surface area (Å²) in [7, 11) is 0. The van der Waals surface area contributed by atoms with Crippen molar-refractivity contribution in [1.29, 1.82) is 0 Å². The van der Waals surface area contributed by atoms with Crippen molar-refractivity contribution in [2.24, 2.45) is 0 Å². The molecule has 7 nitrogen and oxygen atoms in total. The first kappa shape index (κ1) is 16.2. The van der Waals surface area contributed by atoms with E-state index in [0.29, 0.717) is 44.4 Å². The largest absolute Gasteiger partial charge is 0.378 e. The van der Waals surface area contributed by atoms with Gasteiger partial charge in [0.05, 0.1) is 38.0 Å². The first-order chi connectivity index (χ1) is 11.3. The van der Waals surface area contributed by atoms with Crippen LogP contribution in [0.5, 0.6) is 0 Å². The second-order valence-electron chi connectivity index (χ2n) is 5.59. The summed E-state index contributed by atoms with van der Waals surface area (Å²) in [6, 6.07) is 3.46. The number of nitrogens with one attached hydrogen (secondary N) is 1. The third kappa shape index (κ3) is 3.80. The lowest BCUT2D eigenvalue weighted by Crippen LogP contribution is -2.45. The highest BCUT2D eigenvalue weighted by Crippen LogP contribution is 2.19. The standard InChI is InChI=1S/C16H23N3O4/c1-2-23-14-11-22-10-13(14)18-16(20)12-4-3-5-17-15(12)19-6-8-21-9-7-19/h3-5,13-14H,2,6-11H2,1H3,(H,18,20)/t13-,14-/m1/s1. The Morgan fingerprint density at radius 3 is 3.00 bits per heavy atom. The first-order valence-corrected chi connectivity index (χ1v) is 8.07. The van der Waals surface area contributed by atoms with Crippen LogP contribution < -0.4 is 10.2 Å². The van der Waals surface area contributed by atoms with Gasteiger partial charge in [-0.1, -0.05) is 0 Å². The molecule has 23 heavy (non-hydrogen) atoms. The fraction of sp³-hybridized carbons (Fsp3) is 0.625. The van der Waals surface area contributed by atoms with E-state index >= 15 is 0 Å². The van der Waals surface area contributed by atoms with Crippen molar-refractivity contribution in [3.05, 3.63) is 23.9 Å². The van der Waals surface area contributed by atoms with E-state index in [1.165, 1.54) is 0 Å². The van der Waals surface area contributed by atoms with E-state index in [-0.39, 0.29) is 18.1 Å². The molecular formula is C16H23N3O4. The SMILES string of the molecule is CCO[C@@H]1COC[C@H]1NC(=O)c1cccnc1N1CCOCC1. The number of rotatable bonds is 5. The molecule has 2 aliphatic heterocycles. The average molecular weight is 321 g/mol. The third-order valence-electron chi connectivity index (χ3n) is 4.07. The number of aromatic nitrogens is 1. The lowest BCUT2D eigenvalue weighted by atomic mass is 10.1. The predicted octanol–water partition coefficient (Wildman–Crippen LogP) is 0.452. The number of nitrogens with zero attached hydrogens (tertiary/aromatic N) is 2. The number of amides is 1. The highest BCUT2D eigenvalue weighted by Gasteiger charge is 2.31. The van der Waals surface area contributed by atoms with Crippen LogP contribution in [0, 0.1) is 0 Å². The Bertz CT molecular complexity index is 534. The molecule has 3 rings (SSSR count). The molecule has 2 atom stereocenters. The lowest BCUT2D eigenvalue weighted by molar-refractivity contribution is 0.0402. The number of ether oxygens (including phenoxy) is 3. The minimum atomic E-state index is -0.139. The third-order valence-corrected chi connectivity index (χ3v) is 4.07. The van der Waals surface area contributed by atoms with Crippen LogP contribution in [-0.2, 0) is 14.2 Å². The Kier molecular flexibility index (Phi) is 5.43. The highest BCUT2D eigenvalue weighted by atomic mass is 16.5. The number of anilines is 1. The molecule has 0 radical (unpaired) electrons. The van der Waals surface area contributed by atoms with E-state index in [1.54, 1.807) is 18.3 Å². The summed E-state index contributed by atoms with van der Waals surface area (Å²) >= 11 is 0. The van der Waals surface area contributed by atoms with Gasteiger partial charge in [-0.15, -0.1) is 0 Å². The Labute approximate surface area is 135 Å². The van der Waals surface area contributed by atoms with Gasteiger partial charge in [-0.3, -0.25) is 4.79 Å². The van der Waals surface area contributed by atoms with Gasteiger partial charge in [-0.25, -0.2) is 4.98 Å². The summed E-state index contributed by atoms with van der Waals surface area (Å²) in [5.74, 6) is 0.569. The van der Waals surface area contributed by atoms with Crippen molar-refractivity contribution < 1.29 is 19.0 Å². The minimum Gasteiger partial charge on any atom is -0.378 e. The molecule has 0 saturated carbocycles. The summed E-state index contributed by atoms with van der Waals surface area (Å²) < 4.78 is 16.4. The zero-order valence-electron chi connectivity index (χ0n) is 13.4. The molecule has 1 aromatic heterocycles. The van der Waals surface area contributed by atoms with Crippen LogP contribution in [0.25, 0.3) is 0 Å². The van der Waals surface area contributed by atoms with Crippen LogP contribution in [0.15, 0.2) is 18.3 Å². The molecule has 0 spiro atoms. The van der Waals surface area contributed by atoms with Gasteiger partial charge in [0.2, 0.25) is 0 Å². The summed E-state index contributed by atoms with van der Waals surface area (Å²) in [6.45, 7) is 6.32. The van der Waals surface area contributed by atoms with Gasteiger partial charge in [0.1, 0.15) is 11.9 Å². The Hall–Kier alpha value is -1.70. The van der Waals surface area contributed by atoms with E-state index in [4.69, 9.17) is 14.2 Å². The van der Waals surface area contributed by atoms with E-state index in [9.17, 15) is 4.79 Å². The molecule has 0 unspecified atom stereocenters. The molecule has 3 heterocycles. The molecule has 7 heteroatoms. The Balaban J connectivity index is 1.72. The second kappa shape index (κ2) is 7.72. The molecule has 2 aliphatic rings. The molecule has 0 aliphatic carbocycles. The zero-order valence-corrected chi connectivity index (χ0v) is 13.4. The normalized spacial score (nSPS) is 24.7. The second-order valence-corrected chi connectivity index (χ2v) is 5.59. The number of hydrogen-bond donors (Lipinski definition) is 1. The summed E-state index contributed by atoms with van der Waals surface area (Å²) in [5.41, 5.74) is 0.580.